The van der Waals surface area contributed by atoms with E-state index < -0.39 is 17.7 Å². The second-order valence-electron chi connectivity index (χ2n) is 7.33. The van der Waals surface area contributed by atoms with Crippen molar-refractivity contribution in [3.05, 3.63) is 65.5 Å². The normalized spacial score (nSPS) is 18.1. The topological polar surface area (TPSA) is 79.7 Å². The minimum absolute atomic E-state index is 0.0809. The molecule has 6 heteroatoms. The summed E-state index contributed by atoms with van der Waals surface area (Å²) < 4.78 is 5.58. The number of ether oxygens (including phenoxy) is 1. The Hall–Kier alpha value is -3.15. The van der Waals surface area contributed by atoms with Gasteiger partial charge in [-0.3, -0.25) is 14.6 Å². The number of carbonyl (C=O) groups is 2. The van der Waals surface area contributed by atoms with Crippen molar-refractivity contribution in [2.24, 2.45) is 0 Å². The summed E-state index contributed by atoms with van der Waals surface area (Å²) in [6, 6.07) is 11.6. The van der Waals surface area contributed by atoms with Crippen molar-refractivity contribution in [2.75, 3.05) is 13.2 Å². The first kappa shape index (κ1) is 21.6. The van der Waals surface area contributed by atoms with Gasteiger partial charge in [-0.25, -0.2) is 0 Å². The number of nitrogens with zero attached hydrogens (tertiary/aromatic N) is 2. The molecule has 1 fully saturated rings. The first-order valence-corrected chi connectivity index (χ1v) is 10.5. The Balaban J connectivity index is 2.00. The first-order valence-electron chi connectivity index (χ1n) is 10.5. The maximum Gasteiger partial charge on any atom is 0.295 e. The summed E-state index contributed by atoms with van der Waals surface area (Å²) in [4.78, 5) is 31.6. The predicted octanol–water partition coefficient (Wildman–Crippen LogP) is 4.48. The molecule has 1 unspecified atom stereocenters. The number of amides is 1. The number of ketones is 1. The van der Waals surface area contributed by atoms with Crippen LogP contribution in [0.5, 0.6) is 5.75 Å². The number of pyridine rings is 1. The van der Waals surface area contributed by atoms with Gasteiger partial charge in [-0.1, -0.05) is 32.8 Å². The Kier molecular flexibility index (Phi) is 7.22. The highest BCUT2D eigenvalue weighted by Crippen LogP contribution is 2.38. The van der Waals surface area contributed by atoms with Gasteiger partial charge in [0.1, 0.15) is 17.6 Å². The van der Waals surface area contributed by atoms with Crippen LogP contribution in [0.1, 0.15) is 56.8 Å². The Bertz CT molecular complexity index is 907. The molecule has 1 amide bonds. The van der Waals surface area contributed by atoms with Crippen LogP contribution in [0.2, 0.25) is 0 Å². The summed E-state index contributed by atoms with van der Waals surface area (Å²) >= 11 is 0. The molecule has 2 heterocycles. The van der Waals surface area contributed by atoms with Crippen LogP contribution in [-0.4, -0.2) is 39.8 Å². The van der Waals surface area contributed by atoms with E-state index in [9.17, 15) is 14.7 Å². The van der Waals surface area contributed by atoms with E-state index in [1.54, 1.807) is 42.6 Å². The Morgan fingerprint density at radius 1 is 1.07 bits per heavy atom. The molecule has 2 aromatic rings. The molecular weight excluding hydrogens is 380 g/mol. The fourth-order valence-corrected chi connectivity index (χ4v) is 3.57. The molecule has 30 heavy (non-hydrogen) atoms. The van der Waals surface area contributed by atoms with E-state index in [1.165, 1.54) is 4.90 Å². The van der Waals surface area contributed by atoms with Gasteiger partial charge < -0.3 is 14.7 Å². The molecule has 0 spiro atoms. The third-order valence-electron chi connectivity index (χ3n) is 5.11. The molecule has 0 aliphatic carbocycles. The number of carbonyl (C=O) groups excluding carboxylic acids is 2. The molecule has 0 saturated carbocycles. The van der Waals surface area contributed by atoms with E-state index in [-0.39, 0.29) is 11.3 Å². The zero-order valence-corrected chi connectivity index (χ0v) is 17.5. The van der Waals surface area contributed by atoms with Gasteiger partial charge in [0.25, 0.3) is 11.7 Å². The summed E-state index contributed by atoms with van der Waals surface area (Å²) in [5.74, 6) is -0.768. The van der Waals surface area contributed by atoms with E-state index in [0.717, 1.165) is 25.7 Å². The lowest BCUT2D eigenvalue weighted by Crippen LogP contribution is -2.31. The molecule has 1 aromatic heterocycles. The molecule has 0 radical (unpaired) electrons. The number of rotatable bonds is 9. The van der Waals surface area contributed by atoms with Gasteiger partial charge in [0.2, 0.25) is 0 Å². The van der Waals surface area contributed by atoms with E-state index in [2.05, 4.69) is 11.9 Å². The van der Waals surface area contributed by atoms with Crippen LogP contribution >= 0.6 is 0 Å². The Morgan fingerprint density at radius 3 is 2.47 bits per heavy atom. The van der Waals surface area contributed by atoms with Crippen LogP contribution in [0.3, 0.4) is 0 Å². The number of likely N-dealkylation sites (tertiary alicyclic amines) is 1. The lowest BCUT2D eigenvalue weighted by atomic mass is 9.98. The molecule has 6 nitrogen and oxygen atoms in total. The van der Waals surface area contributed by atoms with Gasteiger partial charge in [0.15, 0.2) is 0 Å². The van der Waals surface area contributed by atoms with Gasteiger partial charge in [-0.15, -0.1) is 0 Å². The average molecular weight is 408 g/mol. The van der Waals surface area contributed by atoms with Crippen LogP contribution in [-0.2, 0) is 9.59 Å². The third kappa shape index (κ3) is 4.53. The Labute approximate surface area is 177 Å². The number of unbranched alkanes of at least 4 members (excludes halogenated alkanes) is 2. The molecule has 158 valence electrons. The number of aliphatic hydroxyl groups excluding tert-OH is 1. The first-order chi connectivity index (χ1) is 14.6. The molecule has 1 saturated heterocycles. The maximum absolute atomic E-state index is 12.9. The van der Waals surface area contributed by atoms with E-state index in [1.807, 2.05) is 13.0 Å². The minimum Gasteiger partial charge on any atom is -0.507 e. The molecule has 0 bridgehead atoms. The summed E-state index contributed by atoms with van der Waals surface area (Å²) in [5.41, 5.74) is 1.11. The lowest BCUT2D eigenvalue weighted by Gasteiger charge is -2.24. The number of benzene rings is 1. The second kappa shape index (κ2) is 10.1. The van der Waals surface area contributed by atoms with Crippen molar-refractivity contribution < 1.29 is 19.4 Å². The molecular formula is C24H28N2O4. The molecule has 1 atom stereocenters. The molecule has 1 aliphatic heterocycles. The van der Waals surface area contributed by atoms with Gasteiger partial charge in [-0.2, -0.15) is 0 Å². The third-order valence-corrected chi connectivity index (χ3v) is 5.11. The fourth-order valence-electron chi connectivity index (χ4n) is 3.57. The summed E-state index contributed by atoms with van der Waals surface area (Å²) in [5, 5.41) is 11.0. The summed E-state index contributed by atoms with van der Waals surface area (Å²) in [6.45, 7) is 5.16. The second-order valence-corrected chi connectivity index (χ2v) is 7.33. The highest BCUT2D eigenvalue weighted by molar-refractivity contribution is 6.46. The number of aromatic nitrogens is 1. The molecule has 1 N–H and O–H groups in total. The van der Waals surface area contributed by atoms with Crippen LogP contribution in [0, 0.1) is 0 Å². The molecule has 1 aliphatic rings. The largest absolute Gasteiger partial charge is 0.507 e. The number of hydrogen-bond acceptors (Lipinski definition) is 5. The van der Waals surface area contributed by atoms with Crippen molar-refractivity contribution in [1.82, 2.24) is 9.88 Å². The fraction of sp³-hybridized carbons (Fsp3) is 0.375. The van der Waals surface area contributed by atoms with Crippen molar-refractivity contribution in [3.63, 3.8) is 0 Å². The Morgan fingerprint density at radius 2 is 1.83 bits per heavy atom. The number of aliphatic hydroxyl groups is 1. The summed E-state index contributed by atoms with van der Waals surface area (Å²) in [7, 11) is 0. The molecule has 1 aromatic carbocycles. The van der Waals surface area contributed by atoms with Crippen molar-refractivity contribution in [2.45, 2.75) is 45.6 Å². The predicted molar refractivity (Wildman–Crippen MR) is 115 cm³/mol. The number of hydrogen-bond donors (Lipinski definition) is 1. The SMILES string of the molecule is CCCCCN1C(=O)C(=O)/C(=C(\O)c2ccc(OCCC)cc2)C1c1ccccn1. The minimum atomic E-state index is -0.695. The zero-order valence-electron chi connectivity index (χ0n) is 17.5. The monoisotopic (exact) mass is 408 g/mol. The van der Waals surface area contributed by atoms with E-state index >= 15 is 0 Å². The van der Waals surface area contributed by atoms with Crippen LogP contribution in [0.15, 0.2) is 54.2 Å². The van der Waals surface area contributed by atoms with Crippen LogP contribution < -0.4 is 4.74 Å². The van der Waals surface area contributed by atoms with Crippen molar-refractivity contribution >= 4 is 17.4 Å². The quantitative estimate of drug-likeness (QED) is 0.286. The average Bonchev–Trinajstić information content (AvgIpc) is 3.03. The van der Waals surface area contributed by atoms with Crippen molar-refractivity contribution in [3.8, 4) is 5.75 Å². The highest BCUT2D eigenvalue weighted by Gasteiger charge is 2.46. The maximum atomic E-state index is 12.9. The smallest absolute Gasteiger partial charge is 0.295 e. The highest BCUT2D eigenvalue weighted by atomic mass is 16.5. The molecule has 3 rings (SSSR count). The lowest BCUT2D eigenvalue weighted by molar-refractivity contribution is -0.140. The number of Topliss-reactive ketones (excluding diaryl/α,β-unsaturated/α-hetero) is 1. The van der Waals surface area contributed by atoms with Gasteiger partial charge in [0.05, 0.1) is 17.9 Å². The van der Waals surface area contributed by atoms with Gasteiger partial charge in [-0.05, 0) is 49.2 Å². The zero-order chi connectivity index (χ0) is 21.5. The van der Waals surface area contributed by atoms with Gasteiger partial charge in [0, 0.05) is 18.3 Å². The van der Waals surface area contributed by atoms with Gasteiger partial charge >= 0.3 is 0 Å². The van der Waals surface area contributed by atoms with Crippen molar-refractivity contribution in [1.29, 1.82) is 0 Å². The summed E-state index contributed by atoms with van der Waals surface area (Å²) in [6.07, 6.45) is 5.27. The standard InChI is InChI=1S/C24H28N2O4/c1-3-5-8-15-26-21(19-9-6-7-14-25-19)20(23(28)24(26)29)22(27)17-10-12-18(13-11-17)30-16-4-2/h6-7,9-14,21,27H,3-5,8,15-16H2,1-2H3/b22-20-. The van der Waals surface area contributed by atoms with E-state index in [4.69, 9.17) is 4.74 Å². The van der Waals surface area contributed by atoms with E-state index in [0.29, 0.717) is 30.2 Å². The van der Waals surface area contributed by atoms with Crippen LogP contribution in [0.25, 0.3) is 5.76 Å². The van der Waals surface area contributed by atoms with Crippen LogP contribution in [0.4, 0.5) is 0 Å².